The fourth-order valence-corrected chi connectivity index (χ4v) is 2.35. The molecule has 0 atom stereocenters. The van der Waals surface area contributed by atoms with E-state index in [9.17, 15) is 0 Å². The smallest absolute Gasteiger partial charge is 0.247 e. The molecule has 1 aromatic carbocycles. The summed E-state index contributed by atoms with van der Waals surface area (Å²) in [6, 6.07) is 5.87. The van der Waals surface area contributed by atoms with Crippen LogP contribution in [0.15, 0.2) is 22.6 Å². The first-order valence-corrected chi connectivity index (χ1v) is 6.98. The standard InChI is InChI=1S/C13H13Cl2N3O/c14-9-5-8(6-10(15)7-9)13-18-17-12(19-13)3-4-16-11-1-2-11/h5-7,11,16H,1-4H2. The van der Waals surface area contributed by atoms with Gasteiger partial charge in [0, 0.05) is 34.6 Å². The van der Waals surface area contributed by atoms with E-state index in [-0.39, 0.29) is 0 Å². The second kappa shape index (κ2) is 5.49. The minimum Gasteiger partial charge on any atom is -0.421 e. The second-order valence-electron chi connectivity index (χ2n) is 4.64. The molecule has 2 aromatic rings. The van der Waals surface area contributed by atoms with Gasteiger partial charge in [-0.2, -0.15) is 0 Å². The summed E-state index contributed by atoms with van der Waals surface area (Å²) in [7, 11) is 0. The minimum atomic E-state index is 0.450. The molecule has 0 aliphatic heterocycles. The van der Waals surface area contributed by atoms with Gasteiger partial charge in [0.1, 0.15) is 0 Å². The van der Waals surface area contributed by atoms with Gasteiger partial charge in [0.05, 0.1) is 0 Å². The number of halogens is 2. The molecule has 0 amide bonds. The third-order valence-corrected chi connectivity index (χ3v) is 3.36. The van der Waals surface area contributed by atoms with Crippen molar-refractivity contribution in [2.75, 3.05) is 6.54 Å². The molecule has 1 fully saturated rings. The van der Waals surface area contributed by atoms with Gasteiger partial charge in [-0.25, -0.2) is 0 Å². The lowest BCUT2D eigenvalue weighted by molar-refractivity contribution is 0.494. The summed E-state index contributed by atoms with van der Waals surface area (Å²) < 4.78 is 5.60. The Bertz CT molecular complexity index is 561. The van der Waals surface area contributed by atoms with Crippen LogP contribution in [0.25, 0.3) is 11.5 Å². The quantitative estimate of drug-likeness (QED) is 0.920. The molecule has 1 aliphatic rings. The molecule has 19 heavy (non-hydrogen) atoms. The van der Waals surface area contributed by atoms with E-state index in [1.807, 2.05) is 0 Å². The Morgan fingerprint density at radius 1 is 1.16 bits per heavy atom. The number of nitrogens with one attached hydrogen (secondary N) is 1. The van der Waals surface area contributed by atoms with Crippen LogP contribution in [-0.4, -0.2) is 22.8 Å². The predicted molar refractivity (Wildman–Crippen MR) is 74.5 cm³/mol. The maximum absolute atomic E-state index is 5.95. The topological polar surface area (TPSA) is 51.0 Å². The summed E-state index contributed by atoms with van der Waals surface area (Å²) >= 11 is 11.9. The Labute approximate surface area is 121 Å². The molecule has 0 saturated heterocycles. The fourth-order valence-electron chi connectivity index (χ4n) is 1.82. The highest BCUT2D eigenvalue weighted by Gasteiger charge is 2.20. The molecule has 0 unspecified atom stereocenters. The monoisotopic (exact) mass is 297 g/mol. The lowest BCUT2D eigenvalue weighted by Gasteiger charge is -1.99. The van der Waals surface area contributed by atoms with Gasteiger partial charge < -0.3 is 9.73 Å². The lowest BCUT2D eigenvalue weighted by atomic mass is 10.2. The number of benzene rings is 1. The summed E-state index contributed by atoms with van der Waals surface area (Å²) in [6.07, 6.45) is 3.28. The van der Waals surface area contributed by atoms with Crippen LogP contribution < -0.4 is 5.32 Å². The summed E-state index contributed by atoms with van der Waals surface area (Å²) in [5, 5.41) is 12.6. The highest BCUT2D eigenvalue weighted by Crippen LogP contribution is 2.26. The van der Waals surface area contributed by atoms with Gasteiger partial charge in [0.15, 0.2) is 0 Å². The first-order chi connectivity index (χ1) is 9.20. The number of aromatic nitrogens is 2. The summed E-state index contributed by atoms with van der Waals surface area (Å²) in [4.78, 5) is 0. The largest absolute Gasteiger partial charge is 0.421 e. The molecular formula is C13H13Cl2N3O. The molecule has 0 radical (unpaired) electrons. The zero-order chi connectivity index (χ0) is 13.2. The van der Waals surface area contributed by atoms with E-state index in [1.54, 1.807) is 18.2 Å². The van der Waals surface area contributed by atoms with Crippen LogP contribution in [0.3, 0.4) is 0 Å². The molecule has 6 heteroatoms. The van der Waals surface area contributed by atoms with Gasteiger partial charge in [0.25, 0.3) is 0 Å². The van der Waals surface area contributed by atoms with E-state index in [2.05, 4.69) is 15.5 Å². The summed E-state index contributed by atoms with van der Waals surface area (Å²) in [6.45, 7) is 0.864. The van der Waals surface area contributed by atoms with E-state index >= 15 is 0 Å². The second-order valence-corrected chi connectivity index (χ2v) is 5.51. The normalized spacial score (nSPS) is 14.8. The van der Waals surface area contributed by atoms with Crippen LogP contribution in [0.4, 0.5) is 0 Å². The van der Waals surface area contributed by atoms with Gasteiger partial charge in [0.2, 0.25) is 11.8 Å². The van der Waals surface area contributed by atoms with E-state index in [0.29, 0.717) is 27.9 Å². The molecule has 100 valence electrons. The molecule has 1 aromatic heterocycles. The number of hydrogen-bond acceptors (Lipinski definition) is 4. The molecule has 0 spiro atoms. The highest BCUT2D eigenvalue weighted by molar-refractivity contribution is 6.35. The van der Waals surface area contributed by atoms with E-state index < -0.39 is 0 Å². The molecule has 1 aliphatic carbocycles. The van der Waals surface area contributed by atoms with E-state index in [0.717, 1.165) is 18.5 Å². The maximum atomic E-state index is 5.95. The van der Waals surface area contributed by atoms with Gasteiger partial charge in [-0.05, 0) is 31.0 Å². The Morgan fingerprint density at radius 2 is 1.89 bits per heavy atom. The van der Waals surface area contributed by atoms with Crippen LogP contribution in [0.5, 0.6) is 0 Å². The van der Waals surface area contributed by atoms with E-state index in [1.165, 1.54) is 12.8 Å². The van der Waals surface area contributed by atoms with Crippen molar-refractivity contribution in [1.29, 1.82) is 0 Å². The van der Waals surface area contributed by atoms with Crippen molar-refractivity contribution >= 4 is 23.2 Å². The zero-order valence-corrected chi connectivity index (χ0v) is 11.7. The van der Waals surface area contributed by atoms with Crippen LogP contribution >= 0.6 is 23.2 Å². The minimum absolute atomic E-state index is 0.450. The Morgan fingerprint density at radius 3 is 2.58 bits per heavy atom. The van der Waals surface area contributed by atoms with Crippen LogP contribution in [0, 0.1) is 0 Å². The van der Waals surface area contributed by atoms with Crippen molar-refractivity contribution in [2.24, 2.45) is 0 Å². The van der Waals surface area contributed by atoms with Crippen molar-refractivity contribution in [3.63, 3.8) is 0 Å². The SMILES string of the molecule is Clc1cc(Cl)cc(-c2nnc(CCNC3CC3)o2)c1. The van der Waals surface area contributed by atoms with E-state index in [4.69, 9.17) is 27.6 Å². The maximum Gasteiger partial charge on any atom is 0.247 e. The van der Waals surface area contributed by atoms with Crippen molar-refractivity contribution in [3.8, 4) is 11.5 Å². The van der Waals surface area contributed by atoms with Crippen molar-refractivity contribution in [2.45, 2.75) is 25.3 Å². The zero-order valence-electron chi connectivity index (χ0n) is 10.2. The molecule has 1 heterocycles. The first-order valence-electron chi connectivity index (χ1n) is 6.23. The third-order valence-electron chi connectivity index (χ3n) is 2.93. The molecule has 0 bridgehead atoms. The molecule has 1 saturated carbocycles. The van der Waals surface area contributed by atoms with Crippen molar-refractivity contribution < 1.29 is 4.42 Å². The lowest BCUT2D eigenvalue weighted by Crippen LogP contribution is -2.19. The molecule has 1 N–H and O–H groups in total. The Balaban J connectivity index is 1.68. The van der Waals surface area contributed by atoms with Gasteiger partial charge in [-0.1, -0.05) is 23.2 Å². The van der Waals surface area contributed by atoms with Crippen molar-refractivity contribution in [3.05, 3.63) is 34.1 Å². The molecular weight excluding hydrogens is 285 g/mol. The number of hydrogen-bond donors (Lipinski definition) is 1. The van der Waals surface area contributed by atoms with Crippen LogP contribution in [0.2, 0.25) is 10.0 Å². The first kappa shape index (κ1) is 12.9. The predicted octanol–water partition coefficient (Wildman–Crippen LogP) is 3.34. The fraction of sp³-hybridized carbons (Fsp3) is 0.385. The Kier molecular flexibility index (Phi) is 3.73. The Hall–Kier alpha value is -1.10. The molecule has 4 nitrogen and oxygen atoms in total. The third kappa shape index (κ3) is 3.47. The molecule has 3 rings (SSSR count). The van der Waals surface area contributed by atoms with Crippen LogP contribution in [-0.2, 0) is 6.42 Å². The van der Waals surface area contributed by atoms with Gasteiger partial charge >= 0.3 is 0 Å². The average Bonchev–Trinajstić information content (AvgIpc) is 3.04. The highest BCUT2D eigenvalue weighted by atomic mass is 35.5. The van der Waals surface area contributed by atoms with Crippen molar-refractivity contribution in [1.82, 2.24) is 15.5 Å². The van der Waals surface area contributed by atoms with Gasteiger partial charge in [-0.3, -0.25) is 0 Å². The number of nitrogens with zero attached hydrogens (tertiary/aromatic N) is 2. The average molecular weight is 298 g/mol. The summed E-state index contributed by atoms with van der Waals surface area (Å²) in [5.74, 6) is 1.07. The number of rotatable bonds is 5. The summed E-state index contributed by atoms with van der Waals surface area (Å²) in [5.41, 5.74) is 0.742. The van der Waals surface area contributed by atoms with Crippen LogP contribution in [0.1, 0.15) is 18.7 Å². The van der Waals surface area contributed by atoms with Gasteiger partial charge in [-0.15, -0.1) is 10.2 Å².